The SMILES string of the molecule is CCOc1cc(CC(CN)c2cc(F)ccc2OCC)ccc1O. The predicted octanol–water partition coefficient (Wildman–Crippen LogP) is 3.61. The third-order valence-corrected chi connectivity index (χ3v) is 3.80. The second-order valence-electron chi connectivity index (χ2n) is 5.49. The van der Waals surface area contributed by atoms with Gasteiger partial charge in [0, 0.05) is 11.5 Å². The molecule has 2 aromatic rings. The first-order valence-corrected chi connectivity index (χ1v) is 8.16. The fourth-order valence-corrected chi connectivity index (χ4v) is 2.69. The van der Waals surface area contributed by atoms with Gasteiger partial charge in [-0.2, -0.15) is 0 Å². The Bertz CT molecular complexity index is 676. The Morgan fingerprint density at radius 2 is 1.75 bits per heavy atom. The van der Waals surface area contributed by atoms with Crippen molar-refractivity contribution >= 4 is 0 Å². The molecule has 2 aromatic carbocycles. The minimum Gasteiger partial charge on any atom is -0.504 e. The Balaban J connectivity index is 2.30. The van der Waals surface area contributed by atoms with Gasteiger partial charge < -0.3 is 20.3 Å². The lowest BCUT2D eigenvalue weighted by Gasteiger charge is -2.20. The van der Waals surface area contributed by atoms with Crippen LogP contribution in [0.3, 0.4) is 0 Å². The summed E-state index contributed by atoms with van der Waals surface area (Å²) in [6.45, 7) is 5.07. The van der Waals surface area contributed by atoms with Crippen molar-refractivity contribution in [3.63, 3.8) is 0 Å². The number of aromatic hydroxyl groups is 1. The Hall–Kier alpha value is -2.27. The molecule has 2 rings (SSSR count). The van der Waals surface area contributed by atoms with Crippen LogP contribution in [0, 0.1) is 5.82 Å². The zero-order chi connectivity index (χ0) is 17.5. The van der Waals surface area contributed by atoms with Crippen molar-refractivity contribution in [3.05, 3.63) is 53.3 Å². The van der Waals surface area contributed by atoms with Crippen LogP contribution in [-0.2, 0) is 6.42 Å². The van der Waals surface area contributed by atoms with Crippen LogP contribution in [0.15, 0.2) is 36.4 Å². The Morgan fingerprint density at radius 1 is 1.04 bits per heavy atom. The number of ether oxygens (including phenoxy) is 2. The van der Waals surface area contributed by atoms with E-state index in [1.807, 2.05) is 19.9 Å². The molecule has 0 saturated carbocycles. The van der Waals surface area contributed by atoms with Gasteiger partial charge in [0.15, 0.2) is 11.5 Å². The van der Waals surface area contributed by atoms with Gasteiger partial charge >= 0.3 is 0 Å². The highest BCUT2D eigenvalue weighted by molar-refractivity contribution is 5.43. The first-order valence-electron chi connectivity index (χ1n) is 8.16. The number of hydrogen-bond acceptors (Lipinski definition) is 4. The highest BCUT2D eigenvalue weighted by Gasteiger charge is 2.18. The van der Waals surface area contributed by atoms with Crippen molar-refractivity contribution in [2.75, 3.05) is 19.8 Å². The van der Waals surface area contributed by atoms with E-state index in [-0.39, 0.29) is 17.5 Å². The lowest BCUT2D eigenvalue weighted by Crippen LogP contribution is -2.16. The summed E-state index contributed by atoms with van der Waals surface area (Å²) >= 11 is 0. The molecule has 0 aliphatic heterocycles. The predicted molar refractivity (Wildman–Crippen MR) is 92.3 cm³/mol. The van der Waals surface area contributed by atoms with Crippen molar-refractivity contribution in [2.45, 2.75) is 26.2 Å². The molecule has 0 fully saturated rings. The highest BCUT2D eigenvalue weighted by Crippen LogP contribution is 2.32. The van der Waals surface area contributed by atoms with E-state index in [0.29, 0.717) is 37.7 Å². The van der Waals surface area contributed by atoms with Gasteiger partial charge in [0.25, 0.3) is 0 Å². The molecule has 1 atom stereocenters. The topological polar surface area (TPSA) is 64.7 Å². The zero-order valence-electron chi connectivity index (χ0n) is 14.1. The van der Waals surface area contributed by atoms with Crippen molar-refractivity contribution in [1.82, 2.24) is 0 Å². The number of benzene rings is 2. The first-order chi connectivity index (χ1) is 11.6. The quantitative estimate of drug-likeness (QED) is 0.774. The van der Waals surface area contributed by atoms with E-state index in [0.717, 1.165) is 11.1 Å². The monoisotopic (exact) mass is 333 g/mol. The highest BCUT2D eigenvalue weighted by atomic mass is 19.1. The van der Waals surface area contributed by atoms with E-state index in [1.54, 1.807) is 18.2 Å². The van der Waals surface area contributed by atoms with Gasteiger partial charge in [0.05, 0.1) is 13.2 Å². The number of halogens is 1. The lowest BCUT2D eigenvalue weighted by molar-refractivity contribution is 0.317. The van der Waals surface area contributed by atoms with Crippen LogP contribution in [0.2, 0.25) is 0 Å². The van der Waals surface area contributed by atoms with Crippen molar-refractivity contribution in [2.24, 2.45) is 5.73 Å². The third-order valence-electron chi connectivity index (χ3n) is 3.80. The summed E-state index contributed by atoms with van der Waals surface area (Å²) in [6.07, 6.45) is 0.598. The molecule has 0 bridgehead atoms. The largest absolute Gasteiger partial charge is 0.504 e. The fraction of sp³-hybridized carbons (Fsp3) is 0.368. The number of rotatable bonds is 8. The van der Waals surface area contributed by atoms with Crippen molar-refractivity contribution in [1.29, 1.82) is 0 Å². The van der Waals surface area contributed by atoms with Gasteiger partial charge in [0.2, 0.25) is 0 Å². The van der Waals surface area contributed by atoms with Crippen molar-refractivity contribution in [3.8, 4) is 17.2 Å². The smallest absolute Gasteiger partial charge is 0.161 e. The second kappa shape index (κ2) is 8.55. The van der Waals surface area contributed by atoms with Gasteiger partial charge in [-0.05, 0) is 62.7 Å². The van der Waals surface area contributed by atoms with E-state index >= 15 is 0 Å². The van der Waals surface area contributed by atoms with Gasteiger partial charge in [0.1, 0.15) is 11.6 Å². The van der Waals surface area contributed by atoms with Crippen LogP contribution in [-0.4, -0.2) is 24.9 Å². The van der Waals surface area contributed by atoms with Crippen LogP contribution in [0.25, 0.3) is 0 Å². The Morgan fingerprint density at radius 3 is 2.42 bits per heavy atom. The summed E-state index contributed by atoms with van der Waals surface area (Å²) in [5, 5.41) is 9.81. The number of phenolic OH excluding ortho intramolecular Hbond substituents is 1. The molecule has 24 heavy (non-hydrogen) atoms. The summed E-state index contributed by atoms with van der Waals surface area (Å²) in [5.41, 5.74) is 7.65. The molecule has 3 N–H and O–H groups in total. The van der Waals surface area contributed by atoms with E-state index < -0.39 is 0 Å². The van der Waals surface area contributed by atoms with Crippen LogP contribution in [0.4, 0.5) is 4.39 Å². The molecule has 5 heteroatoms. The van der Waals surface area contributed by atoms with E-state index in [4.69, 9.17) is 15.2 Å². The minimum atomic E-state index is -0.312. The molecular weight excluding hydrogens is 309 g/mol. The number of nitrogens with two attached hydrogens (primary N) is 1. The first kappa shape index (κ1) is 18.1. The molecule has 0 spiro atoms. The summed E-state index contributed by atoms with van der Waals surface area (Å²) in [4.78, 5) is 0. The summed E-state index contributed by atoms with van der Waals surface area (Å²) in [5.74, 6) is 0.785. The normalized spacial score (nSPS) is 12.0. The molecule has 4 nitrogen and oxygen atoms in total. The summed E-state index contributed by atoms with van der Waals surface area (Å²) in [6, 6.07) is 9.71. The molecular formula is C19H24FNO3. The van der Waals surface area contributed by atoms with E-state index in [2.05, 4.69) is 0 Å². The standard InChI is InChI=1S/C19H24FNO3/c1-3-23-18-8-6-15(20)11-16(18)14(12-21)9-13-5-7-17(22)19(10-13)24-4-2/h5-8,10-11,14,22H,3-4,9,12,21H2,1-2H3. The van der Waals surface area contributed by atoms with Crippen molar-refractivity contribution < 1.29 is 19.0 Å². The van der Waals surface area contributed by atoms with E-state index in [1.165, 1.54) is 12.1 Å². The summed E-state index contributed by atoms with van der Waals surface area (Å²) < 4.78 is 24.7. The molecule has 0 saturated heterocycles. The van der Waals surface area contributed by atoms with Gasteiger partial charge in [-0.25, -0.2) is 4.39 Å². The minimum absolute atomic E-state index is 0.0960. The van der Waals surface area contributed by atoms with Crippen LogP contribution < -0.4 is 15.2 Å². The van der Waals surface area contributed by atoms with Gasteiger partial charge in [-0.15, -0.1) is 0 Å². The average Bonchev–Trinajstić information content (AvgIpc) is 2.57. The summed E-state index contributed by atoms with van der Waals surface area (Å²) in [7, 11) is 0. The van der Waals surface area contributed by atoms with Crippen LogP contribution in [0.5, 0.6) is 17.2 Å². The van der Waals surface area contributed by atoms with Gasteiger partial charge in [-0.1, -0.05) is 6.07 Å². The molecule has 130 valence electrons. The second-order valence-corrected chi connectivity index (χ2v) is 5.49. The van der Waals surface area contributed by atoms with Crippen LogP contribution in [0.1, 0.15) is 30.9 Å². The molecule has 0 aromatic heterocycles. The maximum atomic E-state index is 13.7. The molecule has 0 aliphatic rings. The molecule has 1 unspecified atom stereocenters. The molecule has 0 amide bonds. The average molecular weight is 333 g/mol. The number of phenols is 1. The maximum absolute atomic E-state index is 13.7. The zero-order valence-corrected chi connectivity index (χ0v) is 14.1. The molecule has 0 radical (unpaired) electrons. The molecule has 0 aliphatic carbocycles. The Labute approximate surface area is 142 Å². The third kappa shape index (κ3) is 4.38. The lowest BCUT2D eigenvalue weighted by atomic mass is 9.91. The van der Waals surface area contributed by atoms with Crippen LogP contribution >= 0.6 is 0 Å². The van der Waals surface area contributed by atoms with E-state index in [9.17, 15) is 9.50 Å². The maximum Gasteiger partial charge on any atom is 0.161 e. The molecule has 0 heterocycles. The van der Waals surface area contributed by atoms with Gasteiger partial charge in [-0.3, -0.25) is 0 Å². The fourth-order valence-electron chi connectivity index (χ4n) is 2.69. The number of hydrogen-bond donors (Lipinski definition) is 2. The Kier molecular flexibility index (Phi) is 6.44.